The summed E-state index contributed by atoms with van der Waals surface area (Å²) < 4.78 is 1.28. The Balaban J connectivity index is 1.73. The van der Waals surface area contributed by atoms with Gasteiger partial charge in [-0.05, 0) is 30.3 Å². The first kappa shape index (κ1) is 20.2. The Morgan fingerprint density at radius 1 is 1.21 bits per heavy atom. The van der Waals surface area contributed by atoms with Crippen LogP contribution >= 0.6 is 22.9 Å². The van der Waals surface area contributed by atoms with E-state index < -0.39 is 5.41 Å². The van der Waals surface area contributed by atoms with Gasteiger partial charge in [-0.1, -0.05) is 32.4 Å². The minimum Gasteiger partial charge on any atom is -0.351 e. The monoisotopic (exact) mass is 417 g/mol. The maximum Gasteiger partial charge on any atom is 0.261 e. The molecule has 0 fully saturated rings. The van der Waals surface area contributed by atoms with Crippen LogP contribution in [0.2, 0.25) is 5.02 Å². The summed E-state index contributed by atoms with van der Waals surface area (Å²) in [4.78, 5) is 42.8. The molecule has 0 aliphatic heterocycles. The first-order valence-electron chi connectivity index (χ1n) is 8.70. The molecule has 28 heavy (non-hydrogen) atoms. The maximum absolute atomic E-state index is 12.6. The lowest BCUT2D eigenvalue weighted by Crippen LogP contribution is -2.34. The second kappa shape index (κ2) is 7.85. The Kier molecular flexibility index (Phi) is 5.67. The highest BCUT2D eigenvalue weighted by molar-refractivity contribution is 7.14. The number of nitrogens with one attached hydrogen (secondary N) is 1. The van der Waals surface area contributed by atoms with Crippen LogP contribution in [0.3, 0.4) is 0 Å². The topological polar surface area (TPSA) is 81.1 Å². The number of ketones is 1. The molecule has 0 radical (unpaired) electrons. The Morgan fingerprint density at radius 2 is 1.96 bits per heavy atom. The highest BCUT2D eigenvalue weighted by atomic mass is 35.5. The van der Waals surface area contributed by atoms with Crippen LogP contribution in [0.15, 0.2) is 41.5 Å². The molecule has 0 spiro atoms. The third-order valence-corrected chi connectivity index (χ3v) is 5.50. The predicted octanol–water partition coefficient (Wildman–Crippen LogP) is 3.66. The van der Waals surface area contributed by atoms with E-state index in [2.05, 4.69) is 10.3 Å². The average molecular weight is 418 g/mol. The van der Waals surface area contributed by atoms with Crippen molar-refractivity contribution in [2.24, 2.45) is 5.41 Å². The fourth-order valence-corrected chi connectivity index (χ4v) is 3.58. The van der Waals surface area contributed by atoms with Crippen molar-refractivity contribution >= 4 is 45.5 Å². The predicted molar refractivity (Wildman–Crippen MR) is 111 cm³/mol. The fourth-order valence-electron chi connectivity index (χ4n) is 2.53. The number of halogens is 1. The van der Waals surface area contributed by atoms with E-state index in [0.717, 1.165) is 4.88 Å². The van der Waals surface area contributed by atoms with Gasteiger partial charge >= 0.3 is 0 Å². The molecule has 0 saturated heterocycles. The number of thiophene rings is 1. The molecule has 8 heteroatoms. The zero-order valence-corrected chi connectivity index (χ0v) is 17.4. The molecule has 0 saturated carbocycles. The van der Waals surface area contributed by atoms with Crippen LogP contribution in [0.5, 0.6) is 0 Å². The van der Waals surface area contributed by atoms with Gasteiger partial charge in [-0.25, -0.2) is 4.98 Å². The van der Waals surface area contributed by atoms with Gasteiger partial charge in [-0.3, -0.25) is 19.0 Å². The Labute approximate surface area is 171 Å². The van der Waals surface area contributed by atoms with E-state index in [-0.39, 0.29) is 23.8 Å². The number of carbonyl (C=O) groups excluding carboxylic acids is 2. The summed E-state index contributed by atoms with van der Waals surface area (Å²) in [5.74, 6) is -0.245. The second-order valence-corrected chi connectivity index (χ2v) is 9.07. The molecule has 1 amide bonds. The van der Waals surface area contributed by atoms with E-state index in [1.807, 2.05) is 26.8 Å². The quantitative estimate of drug-likeness (QED) is 0.642. The van der Waals surface area contributed by atoms with Crippen LogP contribution in [0, 0.1) is 5.41 Å². The van der Waals surface area contributed by atoms with Gasteiger partial charge in [-0.15, -0.1) is 11.3 Å². The van der Waals surface area contributed by atoms with Gasteiger partial charge in [0.25, 0.3) is 5.56 Å². The molecular formula is C20H20ClN3O3S. The summed E-state index contributed by atoms with van der Waals surface area (Å²) in [5, 5.41) is 3.67. The van der Waals surface area contributed by atoms with Crippen molar-refractivity contribution in [3.05, 3.63) is 61.8 Å². The van der Waals surface area contributed by atoms with E-state index in [1.165, 1.54) is 22.2 Å². The summed E-state index contributed by atoms with van der Waals surface area (Å²) in [7, 11) is 0. The summed E-state index contributed by atoms with van der Waals surface area (Å²) in [6, 6.07) is 8.40. The van der Waals surface area contributed by atoms with Crippen molar-refractivity contribution in [1.29, 1.82) is 0 Å². The highest BCUT2D eigenvalue weighted by Gasteiger charge is 2.21. The number of aromatic nitrogens is 2. The molecule has 2 aromatic heterocycles. The SMILES string of the molecule is CC(C)(C)C(=O)NCc1ccc(C(=O)Cn2cnc3ccc(Cl)cc3c2=O)s1. The van der Waals surface area contributed by atoms with Crippen molar-refractivity contribution in [3.8, 4) is 0 Å². The molecule has 0 atom stereocenters. The van der Waals surface area contributed by atoms with Gasteiger partial charge in [0, 0.05) is 15.3 Å². The molecular weight excluding hydrogens is 398 g/mol. The molecule has 0 bridgehead atoms. The minimum atomic E-state index is -0.469. The summed E-state index contributed by atoms with van der Waals surface area (Å²) in [5.41, 5.74) is -0.246. The number of hydrogen-bond donors (Lipinski definition) is 1. The van der Waals surface area contributed by atoms with Gasteiger partial charge in [0.1, 0.15) is 0 Å². The third-order valence-electron chi connectivity index (χ3n) is 4.14. The van der Waals surface area contributed by atoms with Gasteiger partial charge in [0.05, 0.1) is 35.2 Å². The Bertz CT molecular complexity index is 1110. The number of fused-ring (bicyclic) bond motifs is 1. The van der Waals surface area contributed by atoms with E-state index in [4.69, 9.17) is 11.6 Å². The molecule has 1 N–H and O–H groups in total. The van der Waals surface area contributed by atoms with Crippen molar-refractivity contribution in [2.45, 2.75) is 33.9 Å². The molecule has 1 aromatic carbocycles. The lowest BCUT2D eigenvalue weighted by atomic mass is 9.96. The van der Waals surface area contributed by atoms with E-state index in [9.17, 15) is 14.4 Å². The summed E-state index contributed by atoms with van der Waals surface area (Å²) in [6.45, 7) is 5.78. The van der Waals surface area contributed by atoms with Crippen LogP contribution < -0.4 is 10.9 Å². The van der Waals surface area contributed by atoms with Crippen LogP contribution in [-0.2, 0) is 17.9 Å². The fraction of sp³-hybridized carbons (Fsp3) is 0.300. The van der Waals surface area contributed by atoms with E-state index >= 15 is 0 Å². The number of hydrogen-bond acceptors (Lipinski definition) is 5. The second-order valence-electron chi connectivity index (χ2n) is 7.46. The zero-order chi connectivity index (χ0) is 20.5. The van der Waals surface area contributed by atoms with Crippen molar-refractivity contribution in [1.82, 2.24) is 14.9 Å². The zero-order valence-electron chi connectivity index (χ0n) is 15.8. The number of rotatable bonds is 5. The molecule has 2 heterocycles. The van der Waals surface area contributed by atoms with Gasteiger partial charge in [0.2, 0.25) is 5.91 Å². The summed E-state index contributed by atoms with van der Waals surface area (Å²) >= 11 is 7.26. The minimum absolute atomic E-state index is 0.0544. The lowest BCUT2D eigenvalue weighted by molar-refractivity contribution is -0.128. The lowest BCUT2D eigenvalue weighted by Gasteiger charge is -2.17. The molecule has 0 aliphatic rings. The third kappa shape index (κ3) is 4.48. The largest absolute Gasteiger partial charge is 0.351 e. The molecule has 6 nitrogen and oxygen atoms in total. The normalized spacial score (nSPS) is 11.6. The van der Waals surface area contributed by atoms with Crippen molar-refractivity contribution in [2.75, 3.05) is 0 Å². The van der Waals surface area contributed by atoms with Crippen molar-refractivity contribution in [3.63, 3.8) is 0 Å². The number of amides is 1. The van der Waals surface area contributed by atoms with E-state index in [0.29, 0.717) is 27.3 Å². The Hall–Kier alpha value is -2.51. The van der Waals surface area contributed by atoms with Gasteiger partial charge < -0.3 is 5.32 Å². The Morgan fingerprint density at radius 3 is 2.68 bits per heavy atom. The van der Waals surface area contributed by atoms with Crippen LogP contribution in [-0.4, -0.2) is 21.2 Å². The van der Waals surface area contributed by atoms with Crippen LogP contribution in [0.4, 0.5) is 0 Å². The first-order chi connectivity index (χ1) is 13.1. The van der Waals surface area contributed by atoms with E-state index in [1.54, 1.807) is 24.3 Å². The molecule has 3 aromatic rings. The summed E-state index contributed by atoms with van der Waals surface area (Å²) in [6.07, 6.45) is 1.37. The standard InChI is InChI=1S/C20H20ClN3O3S/c1-20(2,3)19(27)22-9-13-5-7-17(28-13)16(25)10-24-11-23-15-6-4-12(21)8-14(15)18(24)26/h4-8,11H,9-10H2,1-3H3,(H,22,27). The smallest absolute Gasteiger partial charge is 0.261 e. The van der Waals surface area contributed by atoms with Crippen LogP contribution in [0.1, 0.15) is 35.3 Å². The molecule has 146 valence electrons. The first-order valence-corrected chi connectivity index (χ1v) is 9.89. The molecule has 3 rings (SSSR count). The number of carbonyl (C=O) groups is 2. The number of benzene rings is 1. The number of Topliss-reactive ketones (excluding diaryl/α,β-unsaturated/α-hetero) is 1. The number of nitrogens with zero attached hydrogens (tertiary/aromatic N) is 2. The average Bonchev–Trinajstić information content (AvgIpc) is 3.10. The molecule has 0 aliphatic carbocycles. The highest BCUT2D eigenvalue weighted by Crippen LogP contribution is 2.19. The molecule has 0 unspecified atom stereocenters. The van der Waals surface area contributed by atoms with Gasteiger partial charge in [0.15, 0.2) is 5.78 Å². The van der Waals surface area contributed by atoms with Gasteiger partial charge in [-0.2, -0.15) is 0 Å². The van der Waals surface area contributed by atoms with Crippen LogP contribution in [0.25, 0.3) is 10.9 Å². The maximum atomic E-state index is 12.6. The van der Waals surface area contributed by atoms with Crippen molar-refractivity contribution < 1.29 is 9.59 Å².